The largest absolute Gasteiger partial charge is 0.383 e. The van der Waals surface area contributed by atoms with Gasteiger partial charge in [-0.1, -0.05) is 43.7 Å². The molecule has 0 saturated carbocycles. The summed E-state index contributed by atoms with van der Waals surface area (Å²) in [5.41, 5.74) is 8.80. The standard InChI is InChI=1S/C17H30N2O/c1-14(2)13-19(11-12-20-4)10-9-17(18)16-7-5-15(3)6-8-16/h5-8,14,17H,9-13,18H2,1-4H3. The molecular weight excluding hydrogens is 248 g/mol. The van der Waals surface area contributed by atoms with Crippen LogP contribution in [0.15, 0.2) is 24.3 Å². The van der Waals surface area contributed by atoms with E-state index in [1.54, 1.807) is 7.11 Å². The van der Waals surface area contributed by atoms with Gasteiger partial charge in [0.25, 0.3) is 0 Å². The summed E-state index contributed by atoms with van der Waals surface area (Å²) in [5, 5.41) is 0. The topological polar surface area (TPSA) is 38.5 Å². The predicted octanol–water partition coefficient (Wildman–Crippen LogP) is 2.99. The highest BCUT2D eigenvalue weighted by molar-refractivity contribution is 5.23. The number of nitrogens with two attached hydrogens (primary N) is 1. The van der Waals surface area contributed by atoms with E-state index in [1.165, 1.54) is 11.1 Å². The molecule has 0 aliphatic carbocycles. The zero-order chi connectivity index (χ0) is 15.0. The van der Waals surface area contributed by atoms with Gasteiger partial charge in [0.05, 0.1) is 6.61 Å². The molecule has 1 aromatic rings. The molecule has 0 radical (unpaired) electrons. The van der Waals surface area contributed by atoms with Crippen molar-refractivity contribution < 1.29 is 4.74 Å². The fourth-order valence-electron chi connectivity index (χ4n) is 2.33. The molecule has 20 heavy (non-hydrogen) atoms. The van der Waals surface area contributed by atoms with E-state index in [0.717, 1.165) is 32.7 Å². The van der Waals surface area contributed by atoms with Crippen molar-refractivity contribution in [2.24, 2.45) is 11.7 Å². The second-order valence-electron chi connectivity index (χ2n) is 5.99. The SMILES string of the molecule is COCCN(CCC(N)c1ccc(C)cc1)CC(C)C. The molecule has 0 bridgehead atoms. The van der Waals surface area contributed by atoms with Crippen molar-refractivity contribution in [3.63, 3.8) is 0 Å². The normalized spacial score (nSPS) is 13.2. The van der Waals surface area contributed by atoms with E-state index in [2.05, 4.69) is 49.9 Å². The Morgan fingerprint density at radius 1 is 1.15 bits per heavy atom. The zero-order valence-electron chi connectivity index (χ0n) is 13.4. The quantitative estimate of drug-likeness (QED) is 0.754. The van der Waals surface area contributed by atoms with Gasteiger partial charge < -0.3 is 15.4 Å². The van der Waals surface area contributed by atoms with Gasteiger partial charge in [0.1, 0.15) is 0 Å². The number of aryl methyl sites for hydroxylation is 1. The van der Waals surface area contributed by atoms with E-state index in [-0.39, 0.29) is 6.04 Å². The Morgan fingerprint density at radius 3 is 2.35 bits per heavy atom. The second kappa shape index (κ2) is 9.11. The molecule has 0 spiro atoms. The van der Waals surface area contributed by atoms with E-state index in [1.807, 2.05) is 0 Å². The fourth-order valence-corrected chi connectivity index (χ4v) is 2.33. The lowest BCUT2D eigenvalue weighted by Crippen LogP contribution is -2.33. The van der Waals surface area contributed by atoms with Crippen LogP contribution in [0.5, 0.6) is 0 Å². The van der Waals surface area contributed by atoms with Crippen molar-refractivity contribution >= 4 is 0 Å². The van der Waals surface area contributed by atoms with E-state index in [9.17, 15) is 0 Å². The third-order valence-electron chi connectivity index (χ3n) is 3.50. The fraction of sp³-hybridized carbons (Fsp3) is 0.647. The summed E-state index contributed by atoms with van der Waals surface area (Å²) in [4.78, 5) is 2.45. The maximum absolute atomic E-state index is 6.29. The first-order chi connectivity index (χ1) is 9.52. The van der Waals surface area contributed by atoms with Crippen LogP contribution in [0, 0.1) is 12.8 Å². The molecule has 0 aromatic heterocycles. The summed E-state index contributed by atoms with van der Waals surface area (Å²) in [7, 11) is 1.76. The van der Waals surface area contributed by atoms with Crippen molar-refractivity contribution in [1.29, 1.82) is 0 Å². The number of methoxy groups -OCH3 is 1. The van der Waals surface area contributed by atoms with Crippen LogP contribution in [0.4, 0.5) is 0 Å². The van der Waals surface area contributed by atoms with Crippen LogP contribution in [0.3, 0.4) is 0 Å². The van der Waals surface area contributed by atoms with Gasteiger partial charge in [-0.15, -0.1) is 0 Å². The summed E-state index contributed by atoms with van der Waals surface area (Å²) >= 11 is 0. The summed E-state index contributed by atoms with van der Waals surface area (Å²) in [6, 6.07) is 8.66. The molecule has 2 N–H and O–H groups in total. The maximum atomic E-state index is 6.29. The summed E-state index contributed by atoms with van der Waals surface area (Å²) in [6.45, 7) is 10.5. The molecular formula is C17H30N2O. The van der Waals surface area contributed by atoms with Gasteiger partial charge in [-0.05, 0) is 24.8 Å². The van der Waals surface area contributed by atoms with Gasteiger partial charge in [0, 0.05) is 32.8 Å². The van der Waals surface area contributed by atoms with E-state index in [4.69, 9.17) is 10.5 Å². The molecule has 1 unspecified atom stereocenters. The monoisotopic (exact) mass is 278 g/mol. The third-order valence-corrected chi connectivity index (χ3v) is 3.50. The maximum Gasteiger partial charge on any atom is 0.0589 e. The average Bonchev–Trinajstić information content (AvgIpc) is 2.41. The highest BCUT2D eigenvalue weighted by Crippen LogP contribution is 2.15. The molecule has 0 heterocycles. The van der Waals surface area contributed by atoms with Crippen LogP contribution in [-0.2, 0) is 4.74 Å². The Hall–Kier alpha value is -0.900. The highest BCUT2D eigenvalue weighted by atomic mass is 16.5. The van der Waals surface area contributed by atoms with Gasteiger partial charge >= 0.3 is 0 Å². The van der Waals surface area contributed by atoms with Crippen molar-refractivity contribution in [1.82, 2.24) is 4.90 Å². The summed E-state index contributed by atoms with van der Waals surface area (Å²) in [5.74, 6) is 0.669. The number of hydrogen-bond donors (Lipinski definition) is 1. The van der Waals surface area contributed by atoms with Gasteiger partial charge in [0.15, 0.2) is 0 Å². The smallest absolute Gasteiger partial charge is 0.0589 e. The first-order valence-electron chi connectivity index (χ1n) is 7.56. The van der Waals surface area contributed by atoms with Crippen LogP contribution in [0.2, 0.25) is 0 Å². The summed E-state index contributed by atoms with van der Waals surface area (Å²) in [6.07, 6.45) is 0.986. The Labute approximate surface area is 124 Å². The Bertz CT molecular complexity index is 362. The lowest BCUT2D eigenvalue weighted by atomic mass is 10.0. The van der Waals surface area contributed by atoms with Crippen LogP contribution >= 0.6 is 0 Å². The number of ether oxygens (including phenoxy) is 1. The molecule has 0 saturated heterocycles. The van der Waals surface area contributed by atoms with Crippen molar-refractivity contribution in [2.45, 2.75) is 33.2 Å². The van der Waals surface area contributed by atoms with Crippen LogP contribution in [0.25, 0.3) is 0 Å². The van der Waals surface area contributed by atoms with Crippen LogP contribution in [0.1, 0.15) is 37.4 Å². The third kappa shape index (κ3) is 6.51. The lowest BCUT2D eigenvalue weighted by Gasteiger charge is -2.25. The minimum atomic E-state index is 0.118. The van der Waals surface area contributed by atoms with Crippen LogP contribution < -0.4 is 5.73 Å². The van der Waals surface area contributed by atoms with Crippen LogP contribution in [-0.4, -0.2) is 38.3 Å². The van der Waals surface area contributed by atoms with Gasteiger partial charge in [-0.3, -0.25) is 0 Å². The van der Waals surface area contributed by atoms with Crippen molar-refractivity contribution in [3.8, 4) is 0 Å². The molecule has 1 aromatic carbocycles. The van der Waals surface area contributed by atoms with Crippen molar-refractivity contribution in [2.75, 3.05) is 33.4 Å². The van der Waals surface area contributed by atoms with E-state index < -0.39 is 0 Å². The highest BCUT2D eigenvalue weighted by Gasteiger charge is 2.11. The number of nitrogens with zero attached hydrogens (tertiary/aromatic N) is 1. The molecule has 0 aliphatic rings. The molecule has 1 atom stereocenters. The molecule has 0 fully saturated rings. The molecule has 3 nitrogen and oxygen atoms in total. The molecule has 114 valence electrons. The van der Waals surface area contributed by atoms with Gasteiger partial charge in [-0.2, -0.15) is 0 Å². The molecule has 1 rings (SSSR count). The van der Waals surface area contributed by atoms with Gasteiger partial charge in [-0.25, -0.2) is 0 Å². The first kappa shape index (κ1) is 17.2. The number of benzene rings is 1. The number of hydrogen-bond acceptors (Lipinski definition) is 3. The Balaban J connectivity index is 2.46. The minimum Gasteiger partial charge on any atom is -0.383 e. The van der Waals surface area contributed by atoms with E-state index in [0.29, 0.717) is 5.92 Å². The Kier molecular flexibility index (Phi) is 7.82. The van der Waals surface area contributed by atoms with Crippen molar-refractivity contribution in [3.05, 3.63) is 35.4 Å². The number of rotatable bonds is 9. The lowest BCUT2D eigenvalue weighted by molar-refractivity contribution is 0.138. The molecule has 0 aliphatic heterocycles. The predicted molar refractivity (Wildman–Crippen MR) is 85.9 cm³/mol. The summed E-state index contributed by atoms with van der Waals surface area (Å²) < 4.78 is 5.19. The molecule has 0 amide bonds. The molecule has 3 heteroatoms. The van der Waals surface area contributed by atoms with E-state index >= 15 is 0 Å². The van der Waals surface area contributed by atoms with Gasteiger partial charge in [0.2, 0.25) is 0 Å². The zero-order valence-corrected chi connectivity index (χ0v) is 13.4. The average molecular weight is 278 g/mol. The second-order valence-corrected chi connectivity index (χ2v) is 5.99. The Morgan fingerprint density at radius 2 is 1.80 bits per heavy atom. The minimum absolute atomic E-state index is 0.118. The first-order valence-corrected chi connectivity index (χ1v) is 7.56.